The summed E-state index contributed by atoms with van der Waals surface area (Å²) in [4.78, 5) is 0. The molecular formula is C10H17NO. The Morgan fingerprint density at radius 1 is 1.58 bits per heavy atom. The number of hydrogen-bond acceptors (Lipinski definition) is 2. The van der Waals surface area contributed by atoms with E-state index in [0.717, 1.165) is 17.7 Å². The SMILES string of the molecule is CCC(C)C(N)c1cc(C)co1. The molecule has 0 radical (unpaired) electrons. The first kappa shape index (κ1) is 9.33. The fourth-order valence-electron chi connectivity index (χ4n) is 1.16. The van der Waals surface area contributed by atoms with Gasteiger partial charge >= 0.3 is 0 Å². The van der Waals surface area contributed by atoms with Crippen LogP contribution in [-0.2, 0) is 0 Å². The lowest BCUT2D eigenvalue weighted by Gasteiger charge is -2.15. The van der Waals surface area contributed by atoms with E-state index in [-0.39, 0.29) is 6.04 Å². The van der Waals surface area contributed by atoms with Crippen LogP contribution < -0.4 is 5.73 Å². The highest BCUT2D eigenvalue weighted by molar-refractivity contribution is 5.13. The van der Waals surface area contributed by atoms with Gasteiger partial charge in [0, 0.05) is 0 Å². The number of rotatable bonds is 3. The van der Waals surface area contributed by atoms with E-state index < -0.39 is 0 Å². The molecule has 2 N–H and O–H groups in total. The molecule has 1 aromatic heterocycles. The highest BCUT2D eigenvalue weighted by atomic mass is 16.3. The summed E-state index contributed by atoms with van der Waals surface area (Å²) in [6.45, 7) is 6.29. The molecule has 2 nitrogen and oxygen atoms in total. The predicted molar refractivity (Wildman–Crippen MR) is 49.8 cm³/mol. The fraction of sp³-hybridized carbons (Fsp3) is 0.600. The number of furan rings is 1. The summed E-state index contributed by atoms with van der Waals surface area (Å²) < 4.78 is 5.32. The van der Waals surface area contributed by atoms with Gasteiger partial charge in [-0.2, -0.15) is 0 Å². The lowest BCUT2D eigenvalue weighted by molar-refractivity contribution is 0.376. The third-order valence-corrected chi connectivity index (χ3v) is 2.34. The van der Waals surface area contributed by atoms with Crippen molar-refractivity contribution in [3.05, 3.63) is 23.7 Å². The normalized spacial score (nSPS) is 16.0. The van der Waals surface area contributed by atoms with Crippen LogP contribution in [0.15, 0.2) is 16.7 Å². The summed E-state index contributed by atoms with van der Waals surface area (Å²) >= 11 is 0. The third kappa shape index (κ3) is 1.89. The van der Waals surface area contributed by atoms with Gasteiger partial charge in [-0.1, -0.05) is 20.3 Å². The van der Waals surface area contributed by atoms with Crippen LogP contribution in [-0.4, -0.2) is 0 Å². The van der Waals surface area contributed by atoms with E-state index in [4.69, 9.17) is 10.2 Å². The first-order chi connectivity index (χ1) is 5.65. The first-order valence-corrected chi connectivity index (χ1v) is 4.45. The Labute approximate surface area is 73.8 Å². The molecule has 0 fully saturated rings. The van der Waals surface area contributed by atoms with Crippen molar-refractivity contribution in [2.45, 2.75) is 33.2 Å². The number of hydrogen-bond donors (Lipinski definition) is 1. The van der Waals surface area contributed by atoms with Crippen LogP contribution in [0.25, 0.3) is 0 Å². The fourth-order valence-corrected chi connectivity index (χ4v) is 1.16. The van der Waals surface area contributed by atoms with Crippen LogP contribution in [0.4, 0.5) is 0 Å². The number of aryl methyl sites for hydroxylation is 1. The van der Waals surface area contributed by atoms with E-state index in [1.165, 1.54) is 0 Å². The molecule has 2 heteroatoms. The molecule has 1 rings (SSSR count). The van der Waals surface area contributed by atoms with Gasteiger partial charge in [-0.3, -0.25) is 0 Å². The van der Waals surface area contributed by atoms with E-state index in [1.54, 1.807) is 6.26 Å². The monoisotopic (exact) mass is 167 g/mol. The van der Waals surface area contributed by atoms with Crippen LogP contribution in [0.2, 0.25) is 0 Å². The average Bonchev–Trinajstić information content (AvgIpc) is 2.49. The Bertz CT molecular complexity index is 242. The van der Waals surface area contributed by atoms with Gasteiger partial charge in [0.25, 0.3) is 0 Å². The molecule has 0 bridgehead atoms. The van der Waals surface area contributed by atoms with Crippen LogP contribution in [0, 0.1) is 12.8 Å². The van der Waals surface area contributed by atoms with E-state index in [2.05, 4.69) is 13.8 Å². The minimum absolute atomic E-state index is 0.0451. The molecule has 68 valence electrons. The van der Waals surface area contributed by atoms with Crippen molar-refractivity contribution in [3.63, 3.8) is 0 Å². The van der Waals surface area contributed by atoms with E-state index >= 15 is 0 Å². The maximum atomic E-state index is 5.97. The van der Waals surface area contributed by atoms with Crippen LogP contribution in [0.3, 0.4) is 0 Å². The standard InChI is InChI=1S/C10H17NO/c1-4-8(3)10(11)9-5-7(2)6-12-9/h5-6,8,10H,4,11H2,1-3H3. The van der Waals surface area contributed by atoms with Crippen molar-refractivity contribution in [2.24, 2.45) is 11.7 Å². The molecule has 0 aromatic carbocycles. The molecule has 2 unspecified atom stereocenters. The van der Waals surface area contributed by atoms with Gasteiger partial charge in [0.15, 0.2) is 0 Å². The maximum Gasteiger partial charge on any atom is 0.121 e. The molecular weight excluding hydrogens is 150 g/mol. The van der Waals surface area contributed by atoms with Gasteiger partial charge in [0.1, 0.15) is 5.76 Å². The zero-order chi connectivity index (χ0) is 9.14. The second-order valence-corrected chi connectivity index (χ2v) is 3.44. The van der Waals surface area contributed by atoms with Crippen LogP contribution >= 0.6 is 0 Å². The molecule has 1 heterocycles. The molecule has 0 amide bonds. The lowest BCUT2D eigenvalue weighted by Crippen LogP contribution is -2.17. The Kier molecular flexibility index (Phi) is 2.93. The van der Waals surface area contributed by atoms with Crippen LogP contribution in [0.1, 0.15) is 37.6 Å². The average molecular weight is 167 g/mol. The topological polar surface area (TPSA) is 39.2 Å². The van der Waals surface area contributed by atoms with Gasteiger partial charge in [-0.25, -0.2) is 0 Å². The van der Waals surface area contributed by atoms with Gasteiger partial charge < -0.3 is 10.2 Å². The lowest BCUT2D eigenvalue weighted by atomic mass is 9.98. The zero-order valence-corrected chi connectivity index (χ0v) is 8.00. The Hall–Kier alpha value is -0.760. The minimum atomic E-state index is 0.0451. The minimum Gasteiger partial charge on any atom is -0.467 e. The summed E-state index contributed by atoms with van der Waals surface area (Å²) in [6.07, 6.45) is 2.83. The molecule has 0 aliphatic carbocycles. The Morgan fingerprint density at radius 3 is 2.67 bits per heavy atom. The van der Waals surface area contributed by atoms with Gasteiger partial charge in [0.2, 0.25) is 0 Å². The molecule has 2 atom stereocenters. The molecule has 12 heavy (non-hydrogen) atoms. The highest BCUT2D eigenvalue weighted by Crippen LogP contribution is 2.23. The van der Waals surface area contributed by atoms with Crippen molar-refractivity contribution in [3.8, 4) is 0 Å². The van der Waals surface area contributed by atoms with Crippen molar-refractivity contribution in [1.82, 2.24) is 0 Å². The largest absolute Gasteiger partial charge is 0.467 e. The smallest absolute Gasteiger partial charge is 0.121 e. The highest BCUT2D eigenvalue weighted by Gasteiger charge is 2.15. The molecule has 0 aliphatic heterocycles. The van der Waals surface area contributed by atoms with Crippen molar-refractivity contribution in [2.75, 3.05) is 0 Å². The molecule has 0 aliphatic rings. The predicted octanol–water partition coefficient (Wildman–Crippen LogP) is 2.63. The maximum absolute atomic E-state index is 5.97. The second-order valence-electron chi connectivity index (χ2n) is 3.44. The van der Waals surface area contributed by atoms with Crippen molar-refractivity contribution in [1.29, 1.82) is 0 Å². The summed E-state index contributed by atoms with van der Waals surface area (Å²) in [6, 6.07) is 2.06. The molecule has 0 saturated heterocycles. The summed E-state index contributed by atoms with van der Waals surface area (Å²) in [7, 11) is 0. The van der Waals surface area contributed by atoms with E-state index in [9.17, 15) is 0 Å². The molecule has 1 aromatic rings. The van der Waals surface area contributed by atoms with Gasteiger partial charge in [-0.15, -0.1) is 0 Å². The van der Waals surface area contributed by atoms with E-state index in [1.807, 2.05) is 13.0 Å². The zero-order valence-electron chi connectivity index (χ0n) is 8.00. The van der Waals surface area contributed by atoms with Crippen molar-refractivity contribution >= 4 is 0 Å². The second kappa shape index (κ2) is 3.76. The van der Waals surface area contributed by atoms with Gasteiger partial charge in [0.05, 0.1) is 12.3 Å². The third-order valence-electron chi connectivity index (χ3n) is 2.34. The quantitative estimate of drug-likeness (QED) is 0.751. The summed E-state index contributed by atoms with van der Waals surface area (Å²) in [5.41, 5.74) is 7.11. The number of nitrogens with two attached hydrogens (primary N) is 1. The summed E-state index contributed by atoms with van der Waals surface area (Å²) in [5, 5.41) is 0. The first-order valence-electron chi connectivity index (χ1n) is 4.45. The molecule has 0 spiro atoms. The van der Waals surface area contributed by atoms with Crippen LogP contribution in [0.5, 0.6) is 0 Å². The van der Waals surface area contributed by atoms with Crippen molar-refractivity contribution < 1.29 is 4.42 Å². The summed E-state index contributed by atoms with van der Waals surface area (Å²) in [5.74, 6) is 1.39. The Morgan fingerprint density at radius 2 is 2.25 bits per heavy atom. The molecule has 0 saturated carbocycles. The van der Waals surface area contributed by atoms with Gasteiger partial charge in [-0.05, 0) is 24.5 Å². The Balaban J connectivity index is 2.70. The van der Waals surface area contributed by atoms with E-state index in [0.29, 0.717) is 5.92 Å².